The molecule has 0 aliphatic heterocycles. The number of pyridine rings is 1. The van der Waals surface area contributed by atoms with Crippen molar-refractivity contribution in [2.75, 3.05) is 7.11 Å². The highest BCUT2D eigenvalue weighted by molar-refractivity contribution is 9.10. The Kier molecular flexibility index (Phi) is 3.45. The maximum absolute atomic E-state index is 5.49. The molecule has 0 N–H and O–H groups in total. The first-order valence-corrected chi connectivity index (χ1v) is 7.19. The normalized spacial score (nSPS) is 10.8. The van der Waals surface area contributed by atoms with Gasteiger partial charge >= 0.3 is 0 Å². The molecule has 0 atom stereocenters. The van der Waals surface area contributed by atoms with Gasteiger partial charge in [0.25, 0.3) is 0 Å². The van der Waals surface area contributed by atoms with Crippen molar-refractivity contribution in [3.8, 4) is 16.9 Å². The molecule has 0 spiro atoms. The first kappa shape index (κ1) is 13.1. The minimum Gasteiger partial charge on any atom is -0.493 e. The summed E-state index contributed by atoms with van der Waals surface area (Å²) in [5, 5.41) is 1.10. The van der Waals surface area contributed by atoms with Crippen LogP contribution >= 0.6 is 15.9 Å². The number of nitrogens with zero attached hydrogens (tertiary/aromatic N) is 1. The Morgan fingerprint density at radius 3 is 2.50 bits per heavy atom. The lowest BCUT2D eigenvalue weighted by Gasteiger charge is -2.13. The molecule has 3 rings (SSSR count). The second-order valence-electron chi connectivity index (χ2n) is 4.65. The number of hydrogen-bond donors (Lipinski definition) is 0. The van der Waals surface area contributed by atoms with Crippen LogP contribution in [0.3, 0.4) is 0 Å². The number of hydrogen-bond acceptors (Lipinski definition) is 2. The molecular formula is C17H14BrNO. The van der Waals surface area contributed by atoms with Gasteiger partial charge in [-0.25, -0.2) is 4.98 Å². The fourth-order valence-electron chi connectivity index (χ4n) is 2.38. The van der Waals surface area contributed by atoms with Crippen LogP contribution in [0.1, 0.15) is 5.69 Å². The minimum atomic E-state index is 0.781. The van der Waals surface area contributed by atoms with E-state index in [-0.39, 0.29) is 0 Å². The lowest BCUT2D eigenvalue weighted by molar-refractivity contribution is 0.416. The maximum Gasteiger partial charge on any atom is 0.159 e. The van der Waals surface area contributed by atoms with E-state index in [4.69, 9.17) is 4.74 Å². The smallest absolute Gasteiger partial charge is 0.159 e. The van der Waals surface area contributed by atoms with E-state index in [2.05, 4.69) is 45.2 Å². The van der Waals surface area contributed by atoms with E-state index in [9.17, 15) is 0 Å². The summed E-state index contributed by atoms with van der Waals surface area (Å²) in [7, 11) is 1.67. The first-order chi connectivity index (χ1) is 9.70. The number of methoxy groups -OCH3 is 1. The third-order valence-corrected chi connectivity index (χ3v) is 3.91. The van der Waals surface area contributed by atoms with Crippen LogP contribution < -0.4 is 4.74 Å². The minimum absolute atomic E-state index is 0.781. The molecule has 1 aromatic heterocycles. The SMILES string of the molecule is COc1c(Br)cc(-c2ccccc2)c2ccc(C)nc12. The number of fused-ring (bicyclic) bond motifs is 1. The summed E-state index contributed by atoms with van der Waals surface area (Å²) in [5.41, 5.74) is 4.20. The van der Waals surface area contributed by atoms with Gasteiger partial charge in [0.1, 0.15) is 5.52 Å². The summed E-state index contributed by atoms with van der Waals surface area (Å²) < 4.78 is 6.42. The highest BCUT2D eigenvalue weighted by Gasteiger charge is 2.13. The molecule has 0 amide bonds. The van der Waals surface area contributed by atoms with Gasteiger partial charge in [0.05, 0.1) is 11.6 Å². The van der Waals surface area contributed by atoms with Gasteiger partial charge in [0.15, 0.2) is 5.75 Å². The largest absolute Gasteiger partial charge is 0.493 e. The zero-order valence-corrected chi connectivity index (χ0v) is 12.9. The van der Waals surface area contributed by atoms with Crippen LogP contribution in [0.2, 0.25) is 0 Å². The zero-order chi connectivity index (χ0) is 14.1. The number of rotatable bonds is 2. The van der Waals surface area contributed by atoms with Crippen LogP contribution in [-0.2, 0) is 0 Å². The van der Waals surface area contributed by atoms with Crippen LogP contribution in [0.5, 0.6) is 5.75 Å². The summed E-state index contributed by atoms with van der Waals surface area (Å²) >= 11 is 3.59. The van der Waals surface area contributed by atoms with Crippen molar-refractivity contribution in [3.05, 3.63) is 58.7 Å². The Morgan fingerprint density at radius 1 is 1.05 bits per heavy atom. The number of benzene rings is 2. The molecule has 0 aliphatic carbocycles. The van der Waals surface area contributed by atoms with Crippen molar-refractivity contribution < 1.29 is 4.74 Å². The van der Waals surface area contributed by atoms with Crippen molar-refractivity contribution in [2.45, 2.75) is 6.92 Å². The third-order valence-electron chi connectivity index (χ3n) is 3.32. The Labute approximate surface area is 126 Å². The van der Waals surface area contributed by atoms with E-state index in [1.807, 2.05) is 31.2 Å². The van der Waals surface area contributed by atoms with Gasteiger partial charge in [-0.1, -0.05) is 36.4 Å². The molecule has 0 unspecified atom stereocenters. The Morgan fingerprint density at radius 2 is 1.80 bits per heavy atom. The predicted octanol–water partition coefficient (Wildman–Crippen LogP) is 4.98. The molecule has 0 saturated carbocycles. The first-order valence-electron chi connectivity index (χ1n) is 6.40. The summed E-state index contributed by atoms with van der Waals surface area (Å²) in [6, 6.07) is 16.5. The maximum atomic E-state index is 5.49. The Balaban J connectivity index is 2.40. The number of ether oxygens (including phenoxy) is 1. The van der Waals surface area contributed by atoms with E-state index in [0.717, 1.165) is 32.4 Å². The molecule has 3 heteroatoms. The van der Waals surface area contributed by atoms with Crippen molar-refractivity contribution in [1.29, 1.82) is 0 Å². The van der Waals surface area contributed by atoms with Gasteiger partial charge < -0.3 is 4.74 Å². The molecule has 3 aromatic rings. The lowest BCUT2D eigenvalue weighted by atomic mass is 10.00. The van der Waals surface area contributed by atoms with Crippen LogP contribution in [0.15, 0.2) is 53.0 Å². The molecule has 2 nitrogen and oxygen atoms in total. The summed E-state index contributed by atoms with van der Waals surface area (Å²) in [5.74, 6) is 0.781. The van der Waals surface area contributed by atoms with Crippen LogP contribution in [0.25, 0.3) is 22.0 Å². The topological polar surface area (TPSA) is 22.1 Å². The lowest BCUT2D eigenvalue weighted by Crippen LogP contribution is -1.93. The fourth-order valence-corrected chi connectivity index (χ4v) is 2.96. The van der Waals surface area contributed by atoms with Crippen LogP contribution in [0, 0.1) is 6.92 Å². The van der Waals surface area contributed by atoms with Crippen molar-refractivity contribution in [2.24, 2.45) is 0 Å². The van der Waals surface area contributed by atoms with Gasteiger partial charge in [0.2, 0.25) is 0 Å². The Hall–Kier alpha value is -1.87. The molecule has 100 valence electrons. The van der Waals surface area contributed by atoms with Crippen LogP contribution in [-0.4, -0.2) is 12.1 Å². The highest BCUT2D eigenvalue weighted by atomic mass is 79.9. The van der Waals surface area contributed by atoms with Crippen molar-refractivity contribution >= 4 is 26.8 Å². The number of aryl methyl sites for hydroxylation is 1. The van der Waals surface area contributed by atoms with E-state index in [0.29, 0.717) is 0 Å². The fraction of sp³-hybridized carbons (Fsp3) is 0.118. The molecule has 2 aromatic carbocycles. The summed E-state index contributed by atoms with van der Waals surface area (Å²) in [6.07, 6.45) is 0. The molecule has 1 heterocycles. The number of halogens is 1. The molecule has 0 radical (unpaired) electrons. The van der Waals surface area contributed by atoms with Crippen LogP contribution in [0.4, 0.5) is 0 Å². The molecule has 0 aliphatic rings. The molecule has 0 bridgehead atoms. The summed E-state index contributed by atoms with van der Waals surface area (Å²) in [6.45, 7) is 1.99. The average Bonchev–Trinajstić information content (AvgIpc) is 2.47. The molecule has 0 fully saturated rings. The highest BCUT2D eigenvalue weighted by Crippen LogP contribution is 2.39. The predicted molar refractivity (Wildman–Crippen MR) is 86.2 cm³/mol. The van der Waals surface area contributed by atoms with Crippen molar-refractivity contribution in [3.63, 3.8) is 0 Å². The van der Waals surface area contributed by atoms with Gasteiger partial charge in [-0.2, -0.15) is 0 Å². The average molecular weight is 328 g/mol. The Bertz CT molecular complexity index is 769. The van der Waals surface area contributed by atoms with Gasteiger partial charge in [0, 0.05) is 11.1 Å². The van der Waals surface area contributed by atoms with E-state index in [1.54, 1.807) is 7.11 Å². The number of aromatic nitrogens is 1. The van der Waals surface area contributed by atoms with Gasteiger partial charge in [-0.05, 0) is 46.1 Å². The third kappa shape index (κ3) is 2.18. The molecule has 0 saturated heterocycles. The summed E-state index contributed by atoms with van der Waals surface area (Å²) in [4.78, 5) is 4.64. The monoisotopic (exact) mass is 327 g/mol. The van der Waals surface area contributed by atoms with Gasteiger partial charge in [-0.15, -0.1) is 0 Å². The standard InChI is InChI=1S/C17H14BrNO/c1-11-8-9-13-14(12-6-4-3-5-7-12)10-15(18)17(20-2)16(13)19-11/h3-10H,1-2H3. The second-order valence-corrected chi connectivity index (χ2v) is 5.51. The van der Waals surface area contributed by atoms with E-state index in [1.165, 1.54) is 5.56 Å². The van der Waals surface area contributed by atoms with E-state index < -0.39 is 0 Å². The molecular weight excluding hydrogens is 314 g/mol. The van der Waals surface area contributed by atoms with E-state index >= 15 is 0 Å². The quantitative estimate of drug-likeness (QED) is 0.662. The second kappa shape index (κ2) is 5.25. The molecule has 20 heavy (non-hydrogen) atoms. The van der Waals surface area contributed by atoms with Gasteiger partial charge in [-0.3, -0.25) is 0 Å². The zero-order valence-electron chi connectivity index (χ0n) is 11.4. The van der Waals surface area contributed by atoms with Crippen molar-refractivity contribution in [1.82, 2.24) is 4.98 Å².